The van der Waals surface area contributed by atoms with Crippen molar-refractivity contribution in [3.8, 4) is 11.3 Å². The first-order valence-electron chi connectivity index (χ1n) is 6.56. The maximum atomic E-state index is 5.67. The Morgan fingerprint density at radius 1 is 1.22 bits per heavy atom. The molecule has 1 aliphatic rings. The van der Waals surface area contributed by atoms with E-state index in [1.807, 2.05) is 0 Å². The van der Waals surface area contributed by atoms with Gasteiger partial charge < -0.3 is 5.73 Å². The van der Waals surface area contributed by atoms with Crippen LogP contribution in [-0.4, -0.2) is 4.98 Å². The van der Waals surface area contributed by atoms with Gasteiger partial charge >= 0.3 is 0 Å². The molecule has 2 nitrogen and oxygen atoms in total. The zero-order chi connectivity index (χ0) is 12.5. The van der Waals surface area contributed by atoms with E-state index in [-0.39, 0.29) is 0 Å². The molecule has 2 N–H and O–H groups in total. The minimum Gasteiger partial charge on any atom is -0.325 e. The second-order valence-electron chi connectivity index (χ2n) is 4.91. The Hall–Kier alpha value is -1.19. The van der Waals surface area contributed by atoms with Gasteiger partial charge in [0.25, 0.3) is 0 Å². The summed E-state index contributed by atoms with van der Waals surface area (Å²) in [6.45, 7) is 2.67. The van der Waals surface area contributed by atoms with Gasteiger partial charge in [0.05, 0.1) is 5.69 Å². The van der Waals surface area contributed by atoms with Gasteiger partial charge in [-0.1, -0.05) is 12.1 Å². The first-order chi connectivity index (χ1) is 8.78. The molecule has 0 atom stereocenters. The highest BCUT2D eigenvalue weighted by atomic mass is 32.1. The number of rotatable bonds is 2. The van der Waals surface area contributed by atoms with E-state index in [9.17, 15) is 0 Å². The molecule has 0 amide bonds. The second kappa shape index (κ2) is 4.82. The van der Waals surface area contributed by atoms with Gasteiger partial charge in [-0.3, -0.25) is 0 Å². The van der Waals surface area contributed by atoms with Crippen LogP contribution in [0, 0.1) is 6.92 Å². The molecule has 0 spiro atoms. The average molecular weight is 258 g/mol. The SMILES string of the molecule is Cc1sc(CN)nc1-c1ccc2c(c1)CCCC2. The third-order valence-electron chi connectivity index (χ3n) is 3.64. The normalized spacial score (nSPS) is 14.6. The summed E-state index contributed by atoms with van der Waals surface area (Å²) in [5.41, 5.74) is 11.1. The van der Waals surface area contributed by atoms with Gasteiger partial charge in [-0.2, -0.15) is 0 Å². The first-order valence-corrected chi connectivity index (χ1v) is 7.38. The Morgan fingerprint density at radius 3 is 2.72 bits per heavy atom. The number of fused-ring (bicyclic) bond motifs is 1. The Labute approximate surface area is 112 Å². The molecule has 0 radical (unpaired) electrons. The topological polar surface area (TPSA) is 38.9 Å². The summed E-state index contributed by atoms with van der Waals surface area (Å²) >= 11 is 1.71. The lowest BCUT2D eigenvalue weighted by molar-refractivity contribution is 0.686. The number of hydrogen-bond donors (Lipinski definition) is 1. The number of benzene rings is 1. The van der Waals surface area contributed by atoms with Crippen molar-refractivity contribution in [2.45, 2.75) is 39.2 Å². The van der Waals surface area contributed by atoms with Gasteiger partial charge in [0.1, 0.15) is 5.01 Å². The van der Waals surface area contributed by atoms with Gasteiger partial charge in [-0.05, 0) is 49.8 Å². The fourth-order valence-electron chi connectivity index (χ4n) is 2.69. The molecule has 3 heteroatoms. The maximum Gasteiger partial charge on any atom is 0.107 e. The highest BCUT2D eigenvalue weighted by Crippen LogP contribution is 2.31. The lowest BCUT2D eigenvalue weighted by Crippen LogP contribution is -2.02. The van der Waals surface area contributed by atoms with E-state index in [4.69, 9.17) is 5.73 Å². The second-order valence-corrected chi connectivity index (χ2v) is 6.19. The van der Waals surface area contributed by atoms with Crippen molar-refractivity contribution in [2.24, 2.45) is 5.73 Å². The van der Waals surface area contributed by atoms with Crippen LogP contribution >= 0.6 is 11.3 Å². The molecule has 0 aliphatic heterocycles. The first kappa shape index (κ1) is 11.9. The van der Waals surface area contributed by atoms with E-state index < -0.39 is 0 Å². The van der Waals surface area contributed by atoms with E-state index >= 15 is 0 Å². The molecule has 0 unspecified atom stereocenters. The highest BCUT2D eigenvalue weighted by molar-refractivity contribution is 7.12. The van der Waals surface area contributed by atoms with Gasteiger partial charge in [0.15, 0.2) is 0 Å². The van der Waals surface area contributed by atoms with Crippen LogP contribution in [0.5, 0.6) is 0 Å². The molecule has 1 aliphatic carbocycles. The molecular weight excluding hydrogens is 240 g/mol. The van der Waals surface area contributed by atoms with Crippen LogP contribution in [0.25, 0.3) is 11.3 Å². The van der Waals surface area contributed by atoms with Gasteiger partial charge in [0, 0.05) is 17.0 Å². The highest BCUT2D eigenvalue weighted by Gasteiger charge is 2.13. The number of nitrogens with two attached hydrogens (primary N) is 1. The number of aryl methyl sites for hydroxylation is 3. The molecule has 1 aromatic heterocycles. The molecule has 1 aromatic carbocycles. The zero-order valence-corrected chi connectivity index (χ0v) is 11.5. The Bertz CT molecular complexity index is 572. The van der Waals surface area contributed by atoms with Crippen molar-refractivity contribution in [1.82, 2.24) is 4.98 Å². The molecule has 0 saturated carbocycles. The Balaban J connectivity index is 2.03. The summed E-state index contributed by atoms with van der Waals surface area (Å²) in [4.78, 5) is 5.91. The molecule has 0 fully saturated rings. The fourth-order valence-corrected chi connectivity index (χ4v) is 3.52. The summed E-state index contributed by atoms with van der Waals surface area (Å²) < 4.78 is 0. The van der Waals surface area contributed by atoms with E-state index in [0.29, 0.717) is 6.54 Å². The summed E-state index contributed by atoms with van der Waals surface area (Å²) in [7, 11) is 0. The molecule has 0 bridgehead atoms. The predicted molar refractivity (Wildman–Crippen MR) is 76.8 cm³/mol. The third-order valence-corrected chi connectivity index (χ3v) is 4.63. The van der Waals surface area contributed by atoms with Crippen LogP contribution < -0.4 is 5.73 Å². The van der Waals surface area contributed by atoms with E-state index in [2.05, 4.69) is 30.1 Å². The van der Waals surface area contributed by atoms with E-state index in [1.165, 1.54) is 47.3 Å². The minimum absolute atomic E-state index is 0.538. The maximum absolute atomic E-state index is 5.67. The molecule has 2 aromatic rings. The van der Waals surface area contributed by atoms with Crippen LogP contribution in [0.3, 0.4) is 0 Å². The van der Waals surface area contributed by atoms with E-state index in [1.54, 1.807) is 11.3 Å². The van der Waals surface area contributed by atoms with Crippen LogP contribution in [0.15, 0.2) is 18.2 Å². The molecule has 3 rings (SSSR count). The Morgan fingerprint density at radius 2 is 2.00 bits per heavy atom. The number of hydrogen-bond acceptors (Lipinski definition) is 3. The van der Waals surface area contributed by atoms with Crippen molar-refractivity contribution in [2.75, 3.05) is 0 Å². The Kier molecular flexibility index (Phi) is 3.18. The summed E-state index contributed by atoms with van der Waals surface area (Å²) in [5.74, 6) is 0. The quantitative estimate of drug-likeness (QED) is 0.896. The number of nitrogens with zero attached hydrogens (tertiary/aromatic N) is 1. The van der Waals surface area contributed by atoms with Crippen molar-refractivity contribution < 1.29 is 0 Å². The van der Waals surface area contributed by atoms with Crippen LogP contribution in [-0.2, 0) is 19.4 Å². The minimum atomic E-state index is 0.538. The third kappa shape index (κ3) is 2.08. The molecule has 0 saturated heterocycles. The van der Waals surface area contributed by atoms with Gasteiger partial charge in [-0.15, -0.1) is 11.3 Å². The van der Waals surface area contributed by atoms with Crippen LogP contribution in [0.1, 0.15) is 33.9 Å². The standard InChI is InChI=1S/C15H18N2S/c1-10-15(17-14(9-16)18-10)13-7-6-11-4-2-3-5-12(11)8-13/h6-8H,2-5,9,16H2,1H3. The van der Waals surface area contributed by atoms with Crippen LogP contribution in [0.4, 0.5) is 0 Å². The average Bonchev–Trinajstić information content (AvgIpc) is 2.79. The number of thiazole rings is 1. The largest absolute Gasteiger partial charge is 0.325 e. The molecular formula is C15H18N2S. The van der Waals surface area contributed by atoms with Crippen molar-refractivity contribution in [3.63, 3.8) is 0 Å². The van der Waals surface area contributed by atoms with E-state index in [0.717, 1.165) is 10.7 Å². The summed E-state index contributed by atoms with van der Waals surface area (Å²) in [6.07, 6.45) is 5.11. The number of aromatic nitrogens is 1. The van der Waals surface area contributed by atoms with Crippen molar-refractivity contribution in [3.05, 3.63) is 39.2 Å². The monoisotopic (exact) mass is 258 g/mol. The van der Waals surface area contributed by atoms with Gasteiger partial charge in [0.2, 0.25) is 0 Å². The fraction of sp³-hybridized carbons (Fsp3) is 0.400. The molecule has 18 heavy (non-hydrogen) atoms. The zero-order valence-electron chi connectivity index (χ0n) is 10.7. The summed E-state index contributed by atoms with van der Waals surface area (Å²) in [6, 6.07) is 6.83. The van der Waals surface area contributed by atoms with Crippen molar-refractivity contribution in [1.29, 1.82) is 0 Å². The smallest absolute Gasteiger partial charge is 0.107 e. The summed E-state index contributed by atoms with van der Waals surface area (Å²) in [5, 5.41) is 1.03. The van der Waals surface area contributed by atoms with Gasteiger partial charge in [-0.25, -0.2) is 4.98 Å². The van der Waals surface area contributed by atoms with Crippen LogP contribution in [0.2, 0.25) is 0 Å². The molecule has 94 valence electrons. The lowest BCUT2D eigenvalue weighted by Gasteiger charge is -2.16. The predicted octanol–water partition coefficient (Wildman–Crippen LogP) is 3.46. The molecule has 1 heterocycles. The van der Waals surface area contributed by atoms with Crippen molar-refractivity contribution >= 4 is 11.3 Å². The lowest BCUT2D eigenvalue weighted by atomic mass is 9.90.